The maximum Gasteiger partial charge on any atom is 0.335 e. The zero-order valence-electron chi connectivity index (χ0n) is 9.16. The van der Waals surface area contributed by atoms with Gasteiger partial charge in [0.1, 0.15) is 5.75 Å². The van der Waals surface area contributed by atoms with Crippen LogP contribution in [0.2, 0.25) is 0 Å². The number of carboxylic acid groups (broad SMARTS) is 1. The van der Waals surface area contributed by atoms with E-state index in [4.69, 9.17) is 10.4 Å². The molecule has 1 aromatic carbocycles. The molecule has 2 N–H and O–H groups in total. The zero-order valence-corrected chi connectivity index (χ0v) is 9.16. The number of benzene rings is 1. The molecule has 2 rings (SSSR count). The third kappa shape index (κ3) is 2.13. The van der Waals surface area contributed by atoms with Crippen molar-refractivity contribution in [3.8, 4) is 23.1 Å². The lowest BCUT2D eigenvalue weighted by Gasteiger charge is -2.05. The van der Waals surface area contributed by atoms with Crippen LogP contribution < -0.4 is 0 Å². The molecular weight excluding hydrogens is 232 g/mol. The molecule has 0 aliphatic rings. The highest BCUT2D eigenvalue weighted by Crippen LogP contribution is 2.28. The van der Waals surface area contributed by atoms with Crippen LogP contribution in [0.3, 0.4) is 0 Å². The van der Waals surface area contributed by atoms with Crippen molar-refractivity contribution in [3.63, 3.8) is 0 Å². The summed E-state index contributed by atoms with van der Waals surface area (Å²) in [7, 11) is 0. The van der Waals surface area contributed by atoms with E-state index in [0.717, 1.165) is 0 Å². The Morgan fingerprint density at radius 1 is 1.28 bits per heavy atom. The summed E-state index contributed by atoms with van der Waals surface area (Å²) in [4.78, 5) is 14.8. The number of hydrogen-bond acceptors (Lipinski definition) is 4. The quantitative estimate of drug-likeness (QED) is 0.837. The molecule has 0 aliphatic heterocycles. The minimum absolute atomic E-state index is 0.0518. The lowest BCUT2D eigenvalue weighted by atomic mass is 10.1. The molecule has 0 radical (unpaired) electrons. The normalized spacial score (nSPS) is 9.72. The molecule has 0 saturated heterocycles. The minimum Gasteiger partial charge on any atom is -0.507 e. The number of aromatic carboxylic acids is 1. The molecule has 1 heterocycles. The average Bonchev–Trinajstić information content (AvgIpc) is 2.39. The topological polar surface area (TPSA) is 94.2 Å². The van der Waals surface area contributed by atoms with Gasteiger partial charge in [-0.25, -0.2) is 4.79 Å². The van der Waals surface area contributed by atoms with E-state index >= 15 is 0 Å². The number of aromatic hydroxyl groups is 1. The first kappa shape index (κ1) is 11.6. The van der Waals surface area contributed by atoms with E-state index in [2.05, 4.69) is 4.98 Å². The van der Waals surface area contributed by atoms with Crippen molar-refractivity contribution in [2.75, 3.05) is 0 Å². The van der Waals surface area contributed by atoms with Gasteiger partial charge in [0.25, 0.3) is 0 Å². The van der Waals surface area contributed by atoms with Gasteiger partial charge in [-0.1, -0.05) is 0 Å². The SMILES string of the molecule is N#Cc1ccc(O)c(-c2cc(C(=O)O)ccn2)c1. The van der Waals surface area contributed by atoms with Crippen molar-refractivity contribution >= 4 is 5.97 Å². The standard InChI is InChI=1S/C13H8N2O3/c14-7-8-1-2-12(16)10(5-8)11-6-9(13(17)18)3-4-15-11/h1-6,16H,(H,17,18). The molecule has 2 aromatic rings. The second kappa shape index (κ2) is 4.55. The molecule has 0 fully saturated rings. The lowest BCUT2D eigenvalue weighted by molar-refractivity contribution is 0.0697. The number of pyridine rings is 1. The maximum atomic E-state index is 10.8. The van der Waals surface area contributed by atoms with E-state index in [1.165, 1.54) is 36.5 Å². The number of carbonyl (C=O) groups is 1. The molecule has 0 spiro atoms. The van der Waals surface area contributed by atoms with E-state index in [1.54, 1.807) is 0 Å². The maximum absolute atomic E-state index is 10.8. The molecule has 0 amide bonds. The van der Waals surface area contributed by atoms with Crippen LogP contribution >= 0.6 is 0 Å². The van der Waals surface area contributed by atoms with Crippen molar-refractivity contribution in [1.29, 1.82) is 5.26 Å². The first-order valence-corrected chi connectivity index (χ1v) is 5.04. The largest absolute Gasteiger partial charge is 0.507 e. The third-order valence-electron chi connectivity index (χ3n) is 2.41. The monoisotopic (exact) mass is 240 g/mol. The average molecular weight is 240 g/mol. The van der Waals surface area contributed by atoms with Gasteiger partial charge < -0.3 is 10.2 Å². The van der Waals surface area contributed by atoms with Gasteiger partial charge in [-0.2, -0.15) is 5.26 Å². The fourth-order valence-electron chi connectivity index (χ4n) is 1.52. The predicted octanol–water partition coefficient (Wildman–Crippen LogP) is 2.02. The van der Waals surface area contributed by atoms with Crippen LogP contribution in [0.5, 0.6) is 5.75 Å². The van der Waals surface area contributed by atoms with Gasteiger partial charge in [0.05, 0.1) is 22.9 Å². The van der Waals surface area contributed by atoms with Gasteiger partial charge in [0.15, 0.2) is 0 Å². The Morgan fingerprint density at radius 3 is 2.72 bits per heavy atom. The van der Waals surface area contributed by atoms with Crippen LogP contribution in [0.1, 0.15) is 15.9 Å². The van der Waals surface area contributed by atoms with Gasteiger partial charge in [-0.3, -0.25) is 4.98 Å². The molecular formula is C13H8N2O3. The zero-order chi connectivity index (χ0) is 13.1. The molecule has 5 heteroatoms. The lowest BCUT2D eigenvalue weighted by Crippen LogP contribution is -1.97. The van der Waals surface area contributed by atoms with Crippen molar-refractivity contribution in [2.45, 2.75) is 0 Å². The summed E-state index contributed by atoms with van der Waals surface area (Å²) < 4.78 is 0. The summed E-state index contributed by atoms with van der Waals surface area (Å²) >= 11 is 0. The number of phenols is 1. The first-order chi connectivity index (χ1) is 8.61. The number of hydrogen-bond donors (Lipinski definition) is 2. The highest BCUT2D eigenvalue weighted by molar-refractivity contribution is 5.89. The number of aromatic nitrogens is 1. The van der Waals surface area contributed by atoms with Crippen LogP contribution in [0.25, 0.3) is 11.3 Å². The molecule has 0 atom stereocenters. The van der Waals surface area contributed by atoms with Gasteiger partial charge in [-0.15, -0.1) is 0 Å². The molecule has 5 nitrogen and oxygen atoms in total. The van der Waals surface area contributed by atoms with Gasteiger partial charge in [0, 0.05) is 11.8 Å². The Balaban J connectivity index is 2.58. The number of carboxylic acids is 1. The first-order valence-electron chi connectivity index (χ1n) is 5.04. The Morgan fingerprint density at radius 2 is 2.06 bits per heavy atom. The van der Waals surface area contributed by atoms with E-state index in [1.807, 2.05) is 6.07 Å². The number of nitrogens with zero attached hydrogens (tertiary/aromatic N) is 2. The summed E-state index contributed by atoms with van der Waals surface area (Å²) in [5.74, 6) is -1.13. The van der Waals surface area contributed by atoms with Gasteiger partial charge >= 0.3 is 5.97 Å². The van der Waals surface area contributed by atoms with Crippen LogP contribution in [0.4, 0.5) is 0 Å². The Hall–Kier alpha value is -2.87. The van der Waals surface area contributed by atoms with Crippen LogP contribution in [0, 0.1) is 11.3 Å². The smallest absolute Gasteiger partial charge is 0.335 e. The van der Waals surface area contributed by atoms with Crippen molar-refractivity contribution in [2.24, 2.45) is 0 Å². The van der Waals surface area contributed by atoms with E-state index in [0.29, 0.717) is 16.8 Å². The summed E-state index contributed by atoms with van der Waals surface area (Å²) in [6.07, 6.45) is 1.34. The van der Waals surface area contributed by atoms with Gasteiger partial charge in [0.2, 0.25) is 0 Å². The number of phenolic OH excluding ortho intramolecular Hbond substituents is 1. The van der Waals surface area contributed by atoms with E-state index < -0.39 is 5.97 Å². The summed E-state index contributed by atoms with van der Waals surface area (Å²) in [5.41, 5.74) is 1.08. The van der Waals surface area contributed by atoms with E-state index in [9.17, 15) is 9.90 Å². The van der Waals surface area contributed by atoms with Crippen molar-refractivity contribution < 1.29 is 15.0 Å². The van der Waals surface area contributed by atoms with Crippen molar-refractivity contribution in [3.05, 3.63) is 47.7 Å². The Bertz CT molecular complexity index is 660. The second-order valence-corrected chi connectivity index (χ2v) is 3.58. The molecule has 88 valence electrons. The summed E-state index contributed by atoms with van der Waals surface area (Å²) in [6, 6.07) is 8.96. The highest BCUT2D eigenvalue weighted by atomic mass is 16.4. The molecule has 0 bridgehead atoms. The fraction of sp³-hybridized carbons (Fsp3) is 0. The molecule has 18 heavy (non-hydrogen) atoms. The molecule has 1 aromatic heterocycles. The third-order valence-corrected chi connectivity index (χ3v) is 2.41. The fourth-order valence-corrected chi connectivity index (χ4v) is 1.52. The second-order valence-electron chi connectivity index (χ2n) is 3.58. The highest BCUT2D eigenvalue weighted by Gasteiger charge is 2.10. The van der Waals surface area contributed by atoms with Crippen molar-refractivity contribution in [1.82, 2.24) is 4.98 Å². The molecule has 0 unspecified atom stereocenters. The summed E-state index contributed by atoms with van der Waals surface area (Å²) in [6.45, 7) is 0. The van der Waals surface area contributed by atoms with E-state index in [-0.39, 0.29) is 11.3 Å². The van der Waals surface area contributed by atoms with Crippen LogP contribution in [-0.2, 0) is 0 Å². The van der Waals surface area contributed by atoms with Crippen LogP contribution in [0.15, 0.2) is 36.5 Å². The number of nitriles is 1. The van der Waals surface area contributed by atoms with Crippen LogP contribution in [-0.4, -0.2) is 21.2 Å². The Kier molecular flexibility index (Phi) is 2.94. The minimum atomic E-state index is -1.07. The molecule has 0 saturated carbocycles. The Labute approximate surface area is 103 Å². The predicted molar refractivity (Wildman–Crippen MR) is 63.0 cm³/mol. The van der Waals surface area contributed by atoms with Gasteiger partial charge in [-0.05, 0) is 30.3 Å². The molecule has 0 aliphatic carbocycles. The summed E-state index contributed by atoms with van der Waals surface area (Å²) in [5, 5.41) is 27.4. The number of rotatable bonds is 2.